The molecule has 3 rings (SSSR count). The maximum absolute atomic E-state index is 14.5. The number of halogens is 2. The van der Waals surface area contributed by atoms with E-state index in [1.54, 1.807) is 37.4 Å². The first-order chi connectivity index (χ1) is 11.9. The van der Waals surface area contributed by atoms with E-state index in [0.29, 0.717) is 11.5 Å². The molecule has 0 aliphatic rings. The number of hydrogen-bond donors (Lipinski definition) is 0. The number of rotatable bonds is 5. The van der Waals surface area contributed by atoms with Crippen LogP contribution in [0.25, 0.3) is 10.7 Å². The van der Waals surface area contributed by atoms with Gasteiger partial charge in [-0.3, -0.25) is 4.79 Å². The Hall–Kier alpha value is -2.26. The number of thioether (sulfide) groups is 1. The summed E-state index contributed by atoms with van der Waals surface area (Å²) in [7, 11) is 2.92. The van der Waals surface area contributed by atoms with Gasteiger partial charge in [-0.15, -0.1) is 21.5 Å². The minimum atomic E-state index is -3.67. The number of aromatic nitrogens is 3. The second-order valence-corrected chi connectivity index (χ2v) is 7.19. The highest BCUT2D eigenvalue weighted by Crippen LogP contribution is 2.38. The Labute approximate surface area is 151 Å². The SMILES string of the molecule is CN(C(=O)C(F)(F)Sc1nnc(-c2cccs2)n1C)c1ccccc1. The van der Waals surface area contributed by atoms with E-state index in [0.717, 1.165) is 9.78 Å². The molecule has 0 bridgehead atoms. The Morgan fingerprint density at radius 1 is 1.20 bits per heavy atom. The molecule has 9 heteroatoms. The van der Waals surface area contributed by atoms with Crippen LogP contribution in [0, 0.1) is 0 Å². The maximum atomic E-state index is 14.5. The van der Waals surface area contributed by atoms with Gasteiger partial charge in [0, 0.05) is 19.8 Å². The van der Waals surface area contributed by atoms with Crippen LogP contribution in [0.1, 0.15) is 0 Å². The summed E-state index contributed by atoms with van der Waals surface area (Å²) in [6.07, 6.45) is 0. The number of carbonyl (C=O) groups is 1. The molecular weight excluding hydrogens is 366 g/mol. The van der Waals surface area contributed by atoms with Crippen molar-refractivity contribution in [1.82, 2.24) is 14.8 Å². The van der Waals surface area contributed by atoms with Crippen molar-refractivity contribution in [2.24, 2.45) is 7.05 Å². The number of nitrogens with zero attached hydrogens (tertiary/aromatic N) is 4. The summed E-state index contributed by atoms with van der Waals surface area (Å²) in [5.41, 5.74) is 0.394. The van der Waals surface area contributed by atoms with Gasteiger partial charge in [0.15, 0.2) is 11.0 Å². The minimum absolute atomic E-state index is 0.0248. The fourth-order valence-corrected chi connectivity index (χ4v) is 3.65. The number of carbonyl (C=O) groups excluding carboxylic acids is 1. The van der Waals surface area contributed by atoms with Crippen molar-refractivity contribution in [2.45, 2.75) is 10.4 Å². The van der Waals surface area contributed by atoms with Gasteiger partial charge in [-0.2, -0.15) is 8.78 Å². The maximum Gasteiger partial charge on any atom is 0.378 e. The molecule has 0 aliphatic carbocycles. The van der Waals surface area contributed by atoms with Crippen molar-refractivity contribution in [3.8, 4) is 10.7 Å². The van der Waals surface area contributed by atoms with Crippen LogP contribution in [0.5, 0.6) is 0 Å². The predicted molar refractivity (Wildman–Crippen MR) is 95.0 cm³/mol. The number of hydrogen-bond acceptors (Lipinski definition) is 5. The van der Waals surface area contributed by atoms with E-state index in [2.05, 4.69) is 10.2 Å². The summed E-state index contributed by atoms with van der Waals surface area (Å²) in [6.45, 7) is 0. The quantitative estimate of drug-likeness (QED) is 0.630. The summed E-state index contributed by atoms with van der Waals surface area (Å²) < 4.78 is 30.4. The molecule has 1 aromatic carbocycles. The van der Waals surface area contributed by atoms with E-state index in [9.17, 15) is 13.6 Å². The van der Waals surface area contributed by atoms with Gasteiger partial charge in [-0.05, 0) is 35.3 Å². The number of thiophene rings is 1. The van der Waals surface area contributed by atoms with Crippen LogP contribution in [0.4, 0.5) is 14.5 Å². The van der Waals surface area contributed by atoms with Crippen molar-refractivity contribution in [2.75, 3.05) is 11.9 Å². The van der Waals surface area contributed by atoms with Crippen LogP contribution in [-0.4, -0.2) is 33.0 Å². The Bertz CT molecular complexity index is 866. The van der Waals surface area contributed by atoms with Crippen LogP contribution in [0.3, 0.4) is 0 Å². The van der Waals surface area contributed by atoms with E-state index in [4.69, 9.17) is 0 Å². The standard InChI is InChI=1S/C16H14F2N4OS2/c1-21(11-7-4-3-5-8-11)14(23)16(17,18)25-15-20-19-13(22(15)2)12-9-6-10-24-12/h3-10H,1-2H3. The topological polar surface area (TPSA) is 51.0 Å². The van der Waals surface area contributed by atoms with Gasteiger partial charge >= 0.3 is 11.2 Å². The molecule has 0 N–H and O–H groups in total. The first-order valence-corrected chi connectivity index (χ1v) is 8.93. The van der Waals surface area contributed by atoms with Crippen LogP contribution in [-0.2, 0) is 11.8 Å². The Morgan fingerprint density at radius 2 is 1.92 bits per heavy atom. The van der Waals surface area contributed by atoms with E-state index in [1.807, 2.05) is 17.5 Å². The van der Waals surface area contributed by atoms with E-state index in [1.165, 1.54) is 23.0 Å². The van der Waals surface area contributed by atoms with Crippen LogP contribution in [0.2, 0.25) is 0 Å². The van der Waals surface area contributed by atoms with Crippen molar-refractivity contribution in [3.63, 3.8) is 0 Å². The minimum Gasteiger partial charge on any atom is -0.309 e. The lowest BCUT2D eigenvalue weighted by Crippen LogP contribution is -2.39. The summed E-state index contributed by atoms with van der Waals surface area (Å²) >= 11 is 1.53. The first-order valence-electron chi connectivity index (χ1n) is 7.23. The van der Waals surface area contributed by atoms with Crippen molar-refractivity contribution in [1.29, 1.82) is 0 Å². The zero-order chi connectivity index (χ0) is 18.0. The summed E-state index contributed by atoms with van der Waals surface area (Å²) in [4.78, 5) is 14.0. The summed E-state index contributed by atoms with van der Waals surface area (Å²) in [6, 6.07) is 12.0. The van der Waals surface area contributed by atoms with Gasteiger partial charge < -0.3 is 9.47 Å². The zero-order valence-corrected chi connectivity index (χ0v) is 15.0. The van der Waals surface area contributed by atoms with Gasteiger partial charge in [0.1, 0.15) is 0 Å². The molecule has 0 saturated carbocycles. The summed E-state index contributed by atoms with van der Waals surface area (Å²) in [5, 5.41) is 5.92. The number of alkyl halides is 2. The molecule has 0 saturated heterocycles. The molecule has 0 unspecified atom stereocenters. The molecule has 0 aliphatic heterocycles. The highest BCUT2D eigenvalue weighted by Gasteiger charge is 2.44. The largest absolute Gasteiger partial charge is 0.378 e. The average molecular weight is 380 g/mol. The highest BCUT2D eigenvalue weighted by atomic mass is 32.2. The molecule has 25 heavy (non-hydrogen) atoms. The van der Waals surface area contributed by atoms with Crippen LogP contribution >= 0.6 is 23.1 Å². The lowest BCUT2D eigenvalue weighted by Gasteiger charge is -2.22. The number of para-hydroxylation sites is 1. The van der Waals surface area contributed by atoms with Gasteiger partial charge in [-0.1, -0.05) is 24.3 Å². The van der Waals surface area contributed by atoms with Gasteiger partial charge in [-0.25, -0.2) is 0 Å². The normalized spacial score (nSPS) is 11.5. The summed E-state index contributed by atoms with van der Waals surface area (Å²) in [5.74, 6) is -0.832. The third-order valence-corrected chi connectivity index (χ3v) is 5.33. The monoisotopic (exact) mass is 380 g/mol. The molecule has 3 aromatic rings. The Morgan fingerprint density at radius 3 is 2.56 bits per heavy atom. The molecule has 0 spiro atoms. The van der Waals surface area contributed by atoms with E-state index in [-0.39, 0.29) is 16.9 Å². The molecule has 5 nitrogen and oxygen atoms in total. The highest BCUT2D eigenvalue weighted by molar-refractivity contribution is 8.00. The molecule has 0 fully saturated rings. The Balaban J connectivity index is 1.81. The van der Waals surface area contributed by atoms with E-state index < -0.39 is 11.2 Å². The fraction of sp³-hybridized carbons (Fsp3) is 0.188. The Kier molecular flexibility index (Phi) is 4.87. The zero-order valence-electron chi connectivity index (χ0n) is 13.4. The van der Waals surface area contributed by atoms with Crippen molar-refractivity contribution in [3.05, 3.63) is 47.8 Å². The molecule has 0 atom stereocenters. The molecule has 2 aromatic heterocycles. The van der Waals surface area contributed by atoms with Gasteiger partial charge in [0.2, 0.25) is 0 Å². The number of amides is 1. The second kappa shape index (κ2) is 6.93. The lowest BCUT2D eigenvalue weighted by atomic mass is 10.3. The fourth-order valence-electron chi connectivity index (χ4n) is 2.15. The molecule has 130 valence electrons. The second-order valence-electron chi connectivity index (χ2n) is 5.16. The van der Waals surface area contributed by atoms with E-state index >= 15 is 0 Å². The third kappa shape index (κ3) is 3.57. The lowest BCUT2D eigenvalue weighted by molar-refractivity contribution is -0.131. The predicted octanol–water partition coefficient (Wildman–Crippen LogP) is 3.89. The van der Waals surface area contributed by atoms with Gasteiger partial charge in [0.25, 0.3) is 0 Å². The van der Waals surface area contributed by atoms with Crippen LogP contribution in [0.15, 0.2) is 53.0 Å². The van der Waals surface area contributed by atoms with Gasteiger partial charge in [0.05, 0.1) is 4.88 Å². The average Bonchev–Trinajstić information content (AvgIpc) is 3.25. The van der Waals surface area contributed by atoms with Crippen molar-refractivity contribution < 1.29 is 13.6 Å². The van der Waals surface area contributed by atoms with Crippen molar-refractivity contribution >= 4 is 34.7 Å². The molecule has 0 radical (unpaired) electrons. The molecule has 2 heterocycles. The molecular formula is C16H14F2N4OS2. The molecule has 1 amide bonds. The number of benzene rings is 1. The third-order valence-electron chi connectivity index (χ3n) is 3.49. The first kappa shape index (κ1) is 17.6. The van der Waals surface area contributed by atoms with Crippen LogP contribution < -0.4 is 4.90 Å². The smallest absolute Gasteiger partial charge is 0.309 e. The number of anilines is 1.